The van der Waals surface area contributed by atoms with Crippen molar-refractivity contribution in [2.24, 2.45) is 0 Å². The van der Waals surface area contributed by atoms with Gasteiger partial charge in [-0.05, 0) is 24.3 Å². The highest BCUT2D eigenvalue weighted by Gasteiger charge is 2.33. The fourth-order valence-corrected chi connectivity index (χ4v) is 1.77. The Morgan fingerprint density at radius 2 is 1.86 bits per heavy atom. The van der Waals surface area contributed by atoms with E-state index < -0.39 is 17.3 Å². The molecule has 1 heterocycles. The molecule has 1 aromatic carbocycles. The van der Waals surface area contributed by atoms with Crippen LogP contribution in [0.15, 0.2) is 36.5 Å². The summed E-state index contributed by atoms with van der Waals surface area (Å²) in [5, 5.41) is 14.4. The van der Waals surface area contributed by atoms with Gasteiger partial charge in [-0.25, -0.2) is 4.98 Å². The Morgan fingerprint density at radius 1 is 1.14 bits per heavy atom. The zero-order valence-electron chi connectivity index (χ0n) is 11.0. The van der Waals surface area contributed by atoms with Crippen molar-refractivity contribution in [3.05, 3.63) is 47.7 Å². The van der Waals surface area contributed by atoms with Crippen molar-refractivity contribution >= 4 is 17.2 Å². The summed E-state index contributed by atoms with van der Waals surface area (Å²) in [4.78, 5) is 4.01. The largest absolute Gasteiger partial charge is 0.417 e. The quantitative estimate of drug-likeness (QED) is 0.904. The van der Waals surface area contributed by atoms with Gasteiger partial charge in [0.2, 0.25) is 0 Å². The van der Waals surface area contributed by atoms with Crippen molar-refractivity contribution in [1.29, 1.82) is 5.26 Å². The number of benzene rings is 1. The number of anilines is 3. The van der Waals surface area contributed by atoms with Gasteiger partial charge in [0.05, 0.1) is 17.2 Å². The molecule has 0 fully saturated rings. The maximum absolute atomic E-state index is 12.9. The molecule has 0 unspecified atom stereocenters. The van der Waals surface area contributed by atoms with Crippen LogP contribution in [-0.2, 0) is 6.18 Å². The normalized spacial score (nSPS) is 10.8. The van der Waals surface area contributed by atoms with Crippen LogP contribution in [0.25, 0.3) is 0 Å². The van der Waals surface area contributed by atoms with Crippen LogP contribution in [0.4, 0.5) is 30.4 Å². The fraction of sp³-hybridized carbons (Fsp3) is 0.143. The summed E-state index contributed by atoms with van der Waals surface area (Å²) in [6.07, 6.45) is -3.04. The lowest BCUT2D eigenvalue weighted by Crippen LogP contribution is -2.08. The second-order valence-electron chi connectivity index (χ2n) is 4.17. The van der Waals surface area contributed by atoms with E-state index in [1.54, 1.807) is 25.2 Å². The molecule has 2 rings (SSSR count). The molecule has 2 aromatic rings. The Kier molecular flexibility index (Phi) is 3.98. The lowest BCUT2D eigenvalue weighted by Gasteiger charge is -2.12. The van der Waals surface area contributed by atoms with Crippen molar-refractivity contribution < 1.29 is 13.2 Å². The number of hydrogen-bond acceptors (Lipinski definition) is 4. The standard InChI is InChI=1S/C14H11F3N4/c1-19-13-7-11(4-5-20-13)21-10-3-2-9(8-18)12(6-10)14(15,16)17/h2-7H,1H3,(H2,19,20,21). The first-order valence-corrected chi connectivity index (χ1v) is 5.96. The molecular formula is C14H11F3N4. The van der Waals surface area contributed by atoms with Gasteiger partial charge < -0.3 is 10.6 Å². The summed E-state index contributed by atoms with van der Waals surface area (Å²) in [5.41, 5.74) is -0.529. The zero-order valence-corrected chi connectivity index (χ0v) is 11.0. The van der Waals surface area contributed by atoms with Gasteiger partial charge in [-0.15, -0.1) is 0 Å². The van der Waals surface area contributed by atoms with Crippen molar-refractivity contribution in [3.63, 3.8) is 0 Å². The molecule has 0 radical (unpaired) electrons. The third-order valence-corrected chi connectivity index (χ3v) is 2.75. The van der Waals surface area contributed by atoms with Crippen molar-refractivity contribution in [2.45, 2.75) is 6.18 Å². The number of rotatable bonds is 3. The lowest BCUT2D eigenvalue weighted by molar-refractivity contribution is -0.137. The maximum Gasteiger partial charge on any atom is 0.417 e. The molecule has 4 nitrogen and oxygen atoms in total. The summed E-state index contributed by atoms with van der Waals surface area (Å²) in [6, 6.07) is 8.32. The van der Waals surface area contributed by atoms with Gasteiger partial charge in [0, 0.05) is 30.7 Å². The summed E-state index contributed by atoms with van der Waals surface area (Å²) in [6.45, 7) is 0. The third kappa shape index (κ3) is 3.42. The minimum absolute atomic E-state index is 0.245. The van der Waals surface area contributed by atoms with Crippen LogP contribution < -0.4 is 10.6 Å². The molecule has 0 aliphatic carbocycles. The van der Waals surface area contributed by atoms with E-state index in [9.17, 15) is 13.2 Å². The van der Waals surface area contributed by atoms with Crippen molar-refractivity contribution in [3.8, 4) is 6.07 Å². The molecule has 1 aromatic heterocycles. The Bertz CT molecular complexity index is 689. The molecule has 0 aliphatic heterocycles. The first-order chi connectivity index (χ1) is 9.94. The van der Waals surface area contributed by atoms with Gasteiger partial charge in [-0.3, -0.25) is 0 Å². The molecule has 0 amide bonds. The number of hydrogen-bond donors (Lipinski definition) is 2. The van der Waals surface area contributed by atoms with Crippen LogP contribution in [0.3, 0.4) is 0 Å². The average Bonchev–Trinajstić information content (AvgIpc) is 2.46. The minimum atomic E-state index is -4.57. The van der Waals surface area contributed by atoms with E-state index in [0.29, 0.717) is 11.5 Å². The van der Waals surface area contributed by atoms with Gasteiger partial charge >= 0.3 is 6.18 Å². The first kappa shape index (κ1) is 14.7. The Balaban J connectivity index is 2.35. The summed E-state index contributed by atoms with van der Waals surface area (Å²) in [5.74, 6) is 0.588. The summed E-state index contributed by atoms with van der Waals surface area (Å²) < 4.78 is 38.6. The van der Waals surface area contributed by atoms with Crippen LogP contribution in [0, 0.1) is 11.3 Å². The van der Waals surface area contributed by atoms with Gasteiger partial charge in [-0.2, -0.15) is 18.4 Å². The number of halogens is 3. The topological polar surface area (TPSA) is 60.7 Å². The summed E-state index contributed by atoms with van der Waals surface area (Å²) >= 11 is 0. The van der Waals surface area contributed by atoms with E-state index in [1.807, 2.05) is 0 Å². The predicted octanol–water partition coefficient (Wildman–Crippen LogP) is 3.76. The smallest absolute Gasteiger partial charge is 0.373 e. The van der Waals surface area contributed by atoms with E-state index in [2.05, 4.69) is 15.6 Å². The highest BCUT2D eigenvalue weighted by atomic mass is 19.4. The molecule has 0 bridgehead atoms. The third-order valence-electron chi connectivity index (χ3n) is 2.75. The minimum Gasteiger partial charge on any atom is -0.373 e. The SMILES string of the molecule is CNc1cc(Nc2ccc(C#N)c(C(F)(F)F)c2)ccn1. The molecule has 7 heteroatoms. The Hall–Kier alpha value is -2.75. The second kappa shape index (κ2) is 5.71. The van der Waals surface area contributed by atoms with Gasteiger partial charge in [-0.1, -0.05) is 0 Å². The average molecular weight is 292 g/mol. The van der Waals surface area contributed by atoms with Crippen LogP contribution in [-0.4, -0.2) is 12.0 Å². The number of alkyl halides is 3. The molecule has 0 saturated heterocycles. The van der Waals surface area contributed by atoms with E-state index >= 15 is 0 Å². The molecule has 0 atom stereocenters. The monoisotopic (exact) mass is 292 g/mol. The van der Waals surface area contributed by atoms with E-state index in [1.165, 1.54) is 12.3 Å². The summed E-state index contributed by atoms with van der Waals surface area (Å²) in [7, 11) is 1.69. The van der Waals surface area contributed by atoms with E-state index in [4.69, 9.17) is 5.26 Å². The highest BCUT2D eigenvalue weighted by molar-refractivity contribution is 5.64. The van der Waals surface area contributed by atoms with Gasteiger partial charge in [0.25, 0.3) is 0 Å². The van der Waals surface area contributed by atoms with E-state index in [-0.39, 0.29) is 5.69 Å². The Labute approximate surface area is 119 Å². The molecule has 2 N–H and O–H groups in total. The van der Waals surface area contributed by atoms with Crippen LogP contribution in [0.5, 0.6) is 0 Å². The molecule has 0 spiro atoms. The Morgan fingerprint density at radius 3 is 2.48 bits per heavy atom. The lowest BCUT2D eigenvalue weighted by atomic mass is 10.1. The molecule has 21 heavy (non-hydrogen) atoms. The van der Waals surface area contributed by atoms with Crippen LogP contribution in [0.2, 0.25) is 0 Å². The molecule has 108 valence electrons. The first-order valence-electron chi connectivity index (χ1n) is 5.96. The number of aromatic nitrogens is 1. The van der Waals surface area contributed by atoms with Gasteiger partial charge in [0.15, 0.2) is 0 Å². The number of pyridine rings is 1. The van der Waals surface area contributed by atoms with Crippen molar-refractivity contribution in [1.82, 2.24) is 4.98 Å². The highest BCUT2D eigenvalue weighted by Crippen LogP contribution is 2.34. The van der Waals surface area contributed by atoms with Crippen LogP contribution >= 0.6 is 0 Å². The maximum atomic E-state index is 12.9. The number of nitrogens with one attached hydrogen (secondary N) is 2. The molecule has 0 saturated carbocycles. The second-order valence-corrected chi connectivity index (χ2v) is 4.17. The zero-order chi connectivity index (χ0) is 15.5. The van der Waals surface area contributed by atoms with E-state index in [0.717, 1.165) is 12.1 Å². The van der Waals surface area contributed by atoms with Gasteiger partial charge in [0.1, 0.15) is 5.82 Å². The predicted molar refractivity (Wildman–Crippen MR) is 73.2 cm³/mol. The fourth-order valence-electron chi connectivity index (χ4n) is 1.77. The molecular weight excluding hydrogens is 281 g/mol. The number of nitrogens with zero attached hydrogens (tertiary/aromatic N) is 2. The molecule has 0 aliphatic rings. The van der Waals surface area contributed by atoms with Crippen LogP contribution in [0.1, 0.15) is 11.1 Å². The number of nitriles is 1. The van der Waals surface area contributed by atoms with Crippen molar-refractivity contribution in [2.75, 3.05) is 17.7 Å².